The normalized spacial score (nSPS) is 24.1. The lowest BCUT2D eigenvalue weighted by atomic mass is 9.90. The van der Waals surface area contributed by atoms with E-state index in [0.29, 0.717) is 5.41 Å². The van der Waals surface area contributed by atoms with Crippen LogP contribution < -0.4 is 5.73 Å². The molecule has 1 aliphatic heterocycles. The molecule has 0 spiro atoms. The molecule has 0 bridgehead atoms. The van der Waals surface area contributed by atoms with Crippen LogP contribution in [0.15, 0.2) is 42.5 Å². The Morgan fingerprint density at radius 2 is 1.95 bits per heavy atom. The van der Waals surface area contributed by atoms with Gasteiger partial charge in [-0.15, -0.1) is 0 Å². The fourth-order valence-electron chi connectivity index (χ4n) is 3.10. The summed E-state index contributed by atoms with van der Waals surface area (Å²) in [5.74, 6) is 0. The van der Waals surface area contributed by atoms with Crippen LogP contribution in [-0.2, 0) is 6.54 Å². The molecular weight excluding hydrogens is 232 g/mol. The summed E-state index contributed by atoms with van der Waals surface area (Å²) < 4.78 is 0. The van der Waals surface area contributed by atoms with Gasteiger partial charge in [0.05, 0.1) is 0 Å². The number of hydrogen-bond donors (Lipinski definition) is 1. The molecule has 2 heteroatoms. The van der Waals surface area contributed by atoms with E-state index in [1.165, 1.54) is 22.8 Å². The van der Waals surface area contributed by atoms with Crippen LogP contribution >= 0.6 is 0 Å². The molecule has 0 radical (unpaired) electrons. The molecule has 2 aromatic carbocycles. The molecule has 100 valence electrons. The minimum Gasteiger partial charge on any atom is -0.330 e. The van der Waals surface area contributed by atoms with E-state index in [-0.39, 0.29) is 0 Å². The van der Waals surface area contributed by atoms with E-state index in [1.807, 2.05) is 0 Å². The number of likely N-dealkylation sites (tertiary alicyclic amines) is 1. The van der Waals surface area contributed by atoms with Gasteiger partial charge in [0.1, 0.15) is 0 Å². The molecule has 0 amide bonds. The third-order valence-electron chi connectivity index (χ3n) is 4.40. The Morgan fingerprint density at radius 1 is 1.16 bits per heavy atom. The van der Waals surface area contributed by atoms with Crippen molar-refractivity contribution in [1.29, 1.82) is 0 Å². The van der Waals surface area contributed by atoms with Gasteiger partial charge in [-0.2, -0.15) is 0 Å². The number of hydrogen-bond acceptors (Lipinski definition) is 2. The summed E-state index contributed by atoms with van der Waals surface area (Å²) in [6.45, 7) is 6.41. The lowest BCUT2D eigenvalue weighted by Gasteiger charge is -2.23. The average Bonchev–Trinajstić information content (AvgIpc) is 2.82. The third kappa shape index (κ3) is 2.51. The van der Waals surface area contributed by atoms with Crippen LogP contribution in [0.4, 0.5) is 0 Å². The minimum atomic E-state index is 0.310. The highest BCUT2D eigenvalue weighted by Gasteiger charge is 2.32. The average molecular weight is 254 g/mol. The molecule has 1 heterocycles. The molecule has 1 unspecified atom stereocenters. The smallest absolute Gasteiger partial charge is 0.0240 e. The van der Waals surface area contributed by atoms with E-state index >= 15 is 0 Å². The quantitative estimate of drug-likeness (QED) is 0.912. The zero-order valence-corrected chi connectivity index (χ0v) is 11.6. The van der Waals surface area contributed by atoms with Gasteiger partial charge in [0.25, 0.3) is 0 Å². The van der Waals surface area contributed by atoms with Crippen molar-refractivity contribution in [2.24, 2.45) is 11.1 Å². The van der Waals surface area contributed by atoms with Gasteiger partial charge >= 0.3 is 0 Å². The summed E-state index contributed by atoms with van der Waals surface area (Å²) in [5.41, 5.74) is 7.63. The predicted molar refractivity (Wildman–Crippen MR) is 81.0 cm³/mol. The zero-order chi connectivity index (χ0) is 13.3. The third-order valence-corrected chi connectivity index (χ3v) is 4.40. The van der Waals surface area contributed by atoms with Gasteiger partial charge in [0, 0.05) is 13.1 Å². The van der Waals surface area contributed by atoms with Gasteiger partial charge in [-0.05, 0) is 41.3 Å². The zero-order valence-electron chi connectivity index (χ0n) is 11.6. The first-order valence-electron chi connectivity index (χ1n) is 7.09. The molecule has 1 aliphatic rings. The molecular formula is C17H22N2. The Kier molecular flexibility index (Phi) is 3.29. The van der Waals surface area contributed by atoms with Crippen molar-refractivity contribution in [3.05, 3.63) is 48.0 Å². The van der Waals surface area contributed by atoms with Crippen molar-refractivity contribution in [3.8, 4) is 0 Å². The van der Waals surface area contributed by atoms with Crippen molar-refractivity contribution < 1.29 is 0 Å². The predicted octanol–water partition coefficient (Wildman–Crippen LogP) is 3.01. The minimum absolute atomic E-state index is 0.310. The summed E-state index contributed by atoms with van der Waals surface area (Å²) in [6.07, 6.45) is 1.22. The van der Waals surface area contributed by atoms with Crippen LogP contribution in [0.1, 0.15) is 18.9 Å². The topological polar surface area (TPSA) is 29.3 Å². The number of nitrogens with two attached hydrogens (primary N) is 1. The molecule has 0 saturated carbocycles. The molecule has 1 atom stereocenters. The highest BCUT2D eigenvalue weighted by molar-refractivity contribution is 5.85. The summed E-state index contributed by atoms with van der Waals surface area (Å²) >= 11 is 0. The van der Waals surface area contributed by atoms with Crippen molar-refractivity contribution in [3.63, 3.8) is 0 Å². The molecule has 1 fully saturated rings. The number of nitrogens with zero attached hydrogens (tertiary/aromatic N) is 1. The van der Waals surface area contributed by atoms with Gasteiger partial charge in [0.15, 0.2) is 0 Å². The second kappa shape index (κ2) is 4.95. The van der Waals surface area contributed by atoms with Crippen molar-refractivity contribution in [1.82, 2.24) is 4.90 Å². The maximum atomic E-state index is 5.89. The molecule has 2 N–H and O–H groups in total. The summed E-state index contributed by atoms with van der Waals surface area (Å²) in [4.78, 5) is 2.54. The Labute approximate surface area is 115 Å². The van der Waals surface area contributed by atoms with Crippen molar-refractivity contribution >= 4 is 10.8 Å². The Bertz CT molecular complexity index is 573. The van der Waals surface area contributed by atoms with Crippen LogP contribution in [0.3, 0.4) is 0 Å². The first kappa shape index (κ1) is 12.6. The number of benzene rings is 2. The van der Waals surface area contributed by atoms with E-state index in [9.17, 15) is 0 Å². The first-order chi connectivity index (χ1) is 9.20. The molecule has 19 heavy (non-hydrogen) atoms. The second-order valence-corrected chi connectivity index (χ2v) is 6.11. The number of rotatable bonds is 3. The lowest BCUT2D eigenvalue weighted by molar-refractivity contribution is 0.275. The van der Waals surface area contributed by atoms with Crippen LogP contribution in [0.5, 0.6) is 0 Å². The Balaban J connectivity index is 1.83. The van der Waals surface area contributed by atoms with Crippen LogP contribution in [-0.4, -0.2) is 24.5 Å². The fraction of sp³-hybridized carbons (Fsp3) is 0.412. The fourth-order valence-corrected chi connectivity index (χ4v) is 3.10. The van der Waals surface area contributed by atoms with E-state index in [1.54, 1.807) is 0 Å². The van der Waals surface area contributed by atoms with E-state index in [4.69, 9.17) is 5.73 Å². The standard InChI is InChI=1S/C17H22N2/c1-17(12-18)9-10-19(13-17)11-15-7-4-6-14-5-2-3-8-16(14)15/h2-8H,9-13,18H2,1H3. The SMILES string of the molecule is CC1(CN)CCN(Cc2cccc3ccccc23)C1. The molecule has 2 nitrogen and oxygen atoms in total. The highest BCUT2D eigenvalue weighted by atomic mass is 15.2. The molecule has 3 rings (SSSR count). The first-order valence-corrected chi connectivity index (χ1v) is 7.09. The Hall–Kier alpha value is -1.38. The van der Waals surface area contributed by atoms with Crippen molar-refractivity contribution in [2.45, 2.75) is 19.9 Å². The van der Waals surface area contributed by atoms with E-state index in [0.717, 1.165) is 26.2 Å². The summed E-state index contributed by atoms with van der Waals surface area (Å²) in [5, 5.41) is 2.71. The Morgan fingerprint density at radius 3 is 2.74 bits per heavy atom. The van der Waals surface area contributed by atoms with E-state index < -0.39 is 0 Å². The maximum absolute atomic E-state index is 5.89. The largest absolute Gasteiger partial charge is 0.330 e. The number of fused-ring (bicyclic) bond motifs is 1. The van der Waals surface area contributed by atoms with Gasteiger partial charge in [0.2, 0.25) is 0 Å². The molecule has 1 saturated heterocycles. The van der Waals surface area contributed by atoms with Gasteiger partial charge in [-0.1, -0.05) is 49.4 Å². The molecule has 0 aromatic heterocycles. The van der Waals surface area contributed by atoms with Crippen LogP contribution in [0.2, 0.25) is 0 Å². The van der Waals surface area contributed by atoms with Gasteiger partial charge in [-0.3, -0.25) is 4.90 Å². The van der Waals surface area contributed by atoms with Crippen LogP contribution in [0.25, 0.3) is 10.8 Å². The summed E-state index contributed by atoms with van der Waals surface area (Å²) in [7, 11) is 0. The lowest BCUT2D eigenvalue weighted by Crippen LogP contribution is -2.31. The van der Waals surface area contributed by atoms with Crippen LogP contribution in [0, 0.1) is 5.41 Å². The highest BCUT2D eigenvalue weighted by Crippen LogP contribution is 2.30. The van der Waals surface area contributed by atoms with Crippen molar-refractivity contribution in [2.75, 3.05) is 19.6 Å². The molecule has 0 aliphatic carbocycles. The van der Waals surface area contributed by atoms with Gasteiger partial charge in [-0.25, -0.2) is 0 Å². The summed E-state index contributed by atoms with van der Waals surface area (Å²) in [6, 6.07) is 15.2. The van der Waals surface area contributed by atoms with Gasteiger partial charge < -0.3 is 5.73 Å². The molecule has 2 aromatic rings. The monoisotopic (exact) mass is 254 g/mol. The maximum Gasteiger partial charge on any atom is 0.0240 e. The van der Waals surface area contributed by atoms with E-state index in [2.05, 4.69) is 54.3 Å². The second-order valence-electron chi connectivity index (χ2n) is 6.11.